The van der Waals surface area contributed by atoms with Gasteiger partial charge in [0, 0.05) is 0 Å². The third-order valence-electron chi connectivity index (χ3n) is 5.28. The third kappa shape index (κ3) is 4.55. The zero-order valence-electron chi connectivity index (χ0n) is 18.2. The molecule has 0 N–H and O–H groups in total. The summed E-state index contributed by atoms with van der Waals surface area (Å²) < 4.78 is 15.1. The summed E-state index contributed by atoms with van der Waals surface area (Å²) in [5, 5.41) is -0.0471. The fraction of sp³-hybridized carbons (Fsp3) is 0.200. The van der Waals surface area contributed by atoms with Crippen molar-refractivity contribution in [2.24, 2.45) is 0 Å². The first kappa shape index (κ1) is 25.0. The molecule has 0 saturated heterocycles. The Hall–Kier alpha value is -1.62. The van der Waals surface area contributed by atoms with Crippen LogP contribution in [0.25, 0.3) is 0 Å². The van der Waals surface area contributed by atoms with Crippen LogP contribution in [0.2, 0.25) is 0 Å². The molecule has 0 heterocycles. The van der Waals surface area contributed by atoms with Crippen LogP contribution in [-0.2, 0) is 15.6 Å². The van der Waals surface area contributed by atoms with Gasteiger partial charge in [-0.2, -0.15) is 0 Å². The van der Waals surface area contributed by atoms with Gasteiger partial charge in [-0.25, -0.2) is 0 Å². The predicted octanol–water partition coefficient (Wildman–Crippen LogP) is 3.91. The standard InChI is InChI=1S/3C7H7.2C2H3BrO2.Sb/c3*1-7-5-3-2-4-6-7;2*3-1-2(4)5;/h3*3-6H,1H3;2*1H2,(H,4,5);/q;;;;;+2/p-2. The zero-order chi connectivity index (χ0) is 23.4. The average Bonchev–Trinajstić information content (AvgIpc) is 2.79. The van der Waals surface area contributed by atoms with Gasteiger partial charge in [0.05, 0.1) is 0 Å². The van der Waals surface area contributed by atoms with Crippen LogP contribution in [0.3, 0.4) is 0 Å². The van der Waals surface area contributed by atoms with Gasteiger partial charge in [0.15, 0.2) is 0 Å². The molecule has 0 spiro atoms. The molecular formula is C25H25Br2O4Sb. The molecule has 3 aromatic carbocycles. The Morgan fingerprint density at radius 2 is 0.844 bits per heavy atom. The Balaban J connectivity index is 2.56. The van der Waals surface area contributed by atoms with E-state index in [-0.39, 0.29) is 10.7 Å². The summed E-state index contributed by atoms with van der Waals surface area (Å²) >= 11 is 0.825. The second kappa shape index (κ2) is 10.1. The van der Waals surface area contributed by atoms with Gasteiger partial charge in [-0.05, 0) is 0 Å². The molecule has 0 aromatic heterocycles. The van der Waals surface area contributed by atoms with Crippen molar-refractivity contribution in [1.82, 2.24) is 0 Å². The van der Waals surface area contributed by atoms with E-state index in [1.165, 1.54) is 0 Å². The average molecular weight is 671 g/mol. The maximum atomic E-state index is 13.0. The minimum atomic E-state index is -5.65. The second-order valence-corrected chi connectivity index (χ2v) is 19.7. The van der Waals surface area contributed by atoms with Gasteiger partial charge in [-0.3, -0.25) is 0 Å². The van der Waals surface area contributed by atoms with Gasteiger partial charge < -0.3 is 0 Å². The summed E-state index contributed by atoms with van der Waals surface area (Å²) in [6.07, 6.45) is 0. The fourth-order valence-electron chi connectivity index (χ4n) is 3.67. The van der Waals surface area contributed by atoms with Crippen LogP contribution < -0.4 is 10.5 Å². The topological polar surface area (TPSA) is 52.6 Å². The molecule has 0 radical (unpaired) electrons. The van der Waals surface area contributed by atoms with E-state index in [0.717, 1.165) is 16.7 Å². The van der Waals surface area contributed by atoms with Crippen LogP contribution in [-0.4, -0.2) is 40.8 Å². The Labute approximate surface area is 207 Å². The van der Waals surface area contributed by atoms with Gasteiger partial charge in [0.1, 0.15) is 0 Å². The monoisotopic (exact) mass is 668 g/mol. The molecular weight excluding hydrogens is 646 g/mol. The number of aryl methyl sites for hydroxylation is 3. The minimum absolute atomic E-state index is 0.0235. The molecule has 7 heteroatoms. The number of halogens is 2. The molecule has 0 fully saturated rings. The van der Waals surface area contributed by atoms with Gasteiger partial charge >= 0.3 is 209 Å². The first-order chi connectivity index (χ1) is 15.2. The molecule has 0 bridgehead atoms. The van der Waals surface area contributed by atoms with Crippen LogP contribution in [0.1, 0.15) is 16.7 Å². The number of alkyl halides is 2. The van der Waals surface area contributed by atoms with Crippen molar-refractivity contribution in [1.29, 1.82) is 0 Å². The maximum absolute atomic E-state index is 13.0. The summed E-state index contributed by atoms with van der Waals surface area (Å²) in [6, 6.07) is 23.2. The number of benzene rings is 3. The SMILES string of the molecule is Cc1cc[c]([Sb]([O]C(=O)CBr)([O]C(=O)CBr)([c]2ccc(C)cc2)[c]2ccc(C)cc2)cc1. The molecule has 0 aliphatic rings. The molecule has 3 rings (SSSR count). The van der Waals surface area contributed by atoms with Crippen LogP contribution in [0.5, 0.6) is 0 Å². The van der Waals surface area contributed by atoms with Crippen molar-refractivity contribution in [2.75, 3.05) is 10.7 Å². The molecule has 0 unspecified atom stereocenters. The molecule has 3 aromatic rings. The molecule has 0 atom stereocenters. The first-order valence-corrected chi connectivity index (χ1v) is 18.2. The van der Waals surface area contributed by atoms with Gasteiger partial charge in [-0.15, -0.1) is 0 Å². The first-order valence-electron chi connectivity index (χ1n) is 10.1. The number of carbonyl (C=O) groups is 2. The van der Waals surface area contributed by atoms with E-state index in [0.29, 0.717) is 10.5 Å². The molecule has 0 aliphatic heterocycles. The van der Waals surface area contributed by atoms with Crippen molar-refractivity contribution >= 4 is 72.6 Å². The van der Waals surface area contributed by atoms with E-state index in [2.05, 4.69) is 31.9 Å². The van der Waals surface area contributed by atoms with E-state index in [1.54, 1.807) is 0 Å². The number of hydrogen-bond acceptors (Lipinski definition) is 4. The number of carbonyl (C=O) groups excluding carboxylic acids is 2. The predicted molar refractivity (Wildman–Crippen MR) is 138 cm³/mol. The van der Waals surface area contributed by atoms with Crippen LogP contribution in [0, 0.1) is 20.8 Å². The third-order valence-corrected chi connectivity index (χ3v) is 19.9. The molecule has 0 saturated carbocycles. The Morgan fingerprint density at radius 3 is 1.06 bits per heavy atom. The van der Waals surface area contributed by atoms with Crippen LogP contribution >= 0.6 is 31.9 Å². The van der Waals surface area contributed by atoms with Gasteiger partial charge in [0.25, 0.3) is 0 Å². The van der Waals surface area contributed by atoms with Crippen LogP contribution in [0.4, 0.5) is 0 Å². The van der Waals surface area contributed by atoms with Gasteiger partial charge in [-0.1, -0.05) is 0 Å². The normalized spacial score (nSPS) is 12.5. The quantitative estimate of drug-likeness (QED) is 0.283. The Morgan fingerprint density at radius 1 is 0.594 bits per heavy atom. The van der Waals surface area contributed by atoms with Crippen molar-refractivity contribution in [2.45, 2.75) is 20.8 Å². The van der Waals surface area contributed by atoms with E-state index < -0.39 is 30.2 Å². The molecule has 4 nitrogen and oxygen atoms in total. The summed E-state index contributed by atoms with van der Waals surface area (Å²) in [5.74, 6) is -0.980. The molecule has 0 amide bonds. The van der Waals surface area contributed by atoms with E-state index in [9.17, 15) is 9.59 Å². The number of hydrogen-bond donors (Lipinski definition) is 0. The summed E-state index contributed by atoms with van der Waals surface area (Å²) in [6.45, 7) is 5.96. The summed E-state index contributed by atoms with van der Waals surface area (Å²) in [7, 11) is 0. The molecule has 0 aliphatic carbocycles. The van der Waals surface area contributed by atoms with E-state index >= 15 is 0 Å². The van der Waals surface area contributed by atoms with E-state index in [1.807, 2.05) is 93.6 Å². The van der Waals surface area contributed by atoms with Crippen LogP contribution in [0.15, 0.2) is 72.8 Å². The van der Waals surface area contributed by atoms with Gasteiger partial charge in [0.2, 0.25) is 0 Å². The summed E-state index contributed by atoms with van der Waals surface area (Å²) in [4.78, 5) is 26.0. The van der Waals surface area contributed by atoms with E-state index in [4.69, 9.17) is 6.03 Å². The molecule has 168 valence electrons. The summed E-state index contributed by atoms with van der Waals surface area (Å²) in [5.41, 5.74) is 3.15. The number of rotatable bonds is 7. The van der Waals surface area contributed by atoms with Crippen molar-refractivity contribution < 1.29 is 15.6 Å². The second-order valence-electron chi connectivity index (χ2n) is 7.66. The fourth-order valence-corrected chi connectivity index (χ4v) is 17.9. The Bertz CT molecular complexity index is 975. The Kier molecular flexibility index (Phi) is 7.90. The van der Waals surface area contributed by atoms with Crippen molar-refractivity contribution in [3.63, 3.8) is 0 Å². The van der Waals surface area contributed by atoms with Crippen molar-refractivity contribution in [3.05, 3.63) is 89.5 Å². The van der Waals surface area contributed by atoms with Crippen molar-refractivity contribution in [3.8, 4) is 0 Å². The molecule has 32 heavy (non-hydrogen) atoms. The zero-order valence-corrected chi connectivity index (χ0v) is 23.9.